The molecule has 0 rings (SSSR count). The van der Waals surface area contributed by atoms with Crippen LogP contribution in [-0.4, -0.2) is 34.1 Å². The van der Waals surface area contributed by atoms with Crippen LogP contribution in [0.1, 0.15) is 0 Å². The van der Waals surface area contributed by atoms with E-state index >= 15 is 0 Å². The Bertz CT molecular complexity index is 239. The van der Waals surface area contributed by atoms with Crippen LogP contribution < -0.4 is 0 Å². The molecule has 0 saturated heterocycles. The Morgan fingerprint density at radius 2 is 2.08 bits per heavy atom. The van der Waals surface area contributed by atoms with Gasteiger partial charge in [0.05, 0.1) is 6.61 Å². The molecule has 3 heteroatoms. The van der Waals surface area contributed by atoms with E-state index in [0.29, 0.717) is 0 Å². The highest BCUT2D eigenvalue weighted by molar-refractivity contribution is 5.28. The summed E-state index contributed by atoms with van der Waals surface area (Å²) in [5.74, 6) is 6.80. The molecule has 2 atom stereocenters. The quantitative estimate of drug-likeness (QED) is 0.466. The highest BCUT2D eigenvalue weighted by atomic mass is 16.4. The monoisotopic (exact) mass is 166 g/mol. The van der Waals surface area contributed by atoms with Crippen molar-refractivity contribution in [3.05, 3.63) is 12.2 Å². The van der Waals surface area contributed by atoms with E-state index in [2.05, 4.69) is 17.8 Å². The molecule has 0 unspecified atom stereocenters. The Morgan fingerprint density at radius 1 is 1.42 bits per heavy atom. The number of aliphatic hydroxyl groups is 3. The van der Waals surface area contributed by atoms with Crippen LogP contribution in [0.15, 0.2) is 12.2 Å². The third-order valence-corrected chi connectivity index (χ3v) is 1.10. The number of rotatable bonds is 3. The second-order valence-corrected chi connectivity index (χ2v) is 2.01. The number of hydrogen-bond donors (Lipinski definition) is 3. The molecule has 0 aromatic heterocycles. The van der Waals surface area contributed by atoms with Crippen molar-refractivity contribution in [1.29, 1.82) is 0 Å². The maximum Gasteiger partial charge on any atom is 0.106 e. The van der Waals surface area contributed by atoms with Gasteiger partial charge in [-0.05, 0) is 24.0 Å². The molecule has 0 aliphatic carbocycles. The zero-order valence-electron chi connectivity index (χ0n) is 6.44. The minimum absolute atomic E-state index is 0.492. The second kappa shape index (κ2) is 6.45. The molecule has 0 radical (unpaired) electrons. The Labute approximate surface area is 71.4 Å². The Hall–Kier alpha value is -1.26. The number of allylic oxidation sites excluding steroid dienone is 1. The summed E-state index contributed by atoms with van der Waals surface area (Å²) in [6.07, 6.45) is 5.12. The lowest BCUT2D eigenvalue weighted by molar-refractivity contribution is 0.00951. The SMILES string of the molecule is C#CC#C/C=C/[C@@H](O)[C@@H](O)CO. The van der Waals surface area contributed by atoms with E-state index in [-0.39, 0.29) is 0 Å². The lowest BCUT2D eigenvalue weighted by Crippen LogP contribution is -2.27. The lowest BCUT2D eigenvalue weighted by atomic mass is 10.2. The van der Waals surface area contributed by atoms with Crippen molar-refractivity contribution in [2.75, 3.05) is 6.61 Å². The van der Waals surface area contributed by atoms with Gasteiger partial charge in [-0.1, -0.05) is 5.92 Å². The van der Waals surface area contributed by atoms with Crippen LogP contribution in [0.2, 0.25) is 0 Å². The molecule has 3 N–H and O–H groups in total. The van der Waals surface area contributed by atoms with Crippen molar-refractivity contribution in [1.82, 2.24) is 0 Å². The van der Waals surface area contributed by atoms with Crippen molar-refractivity contribution in [3.63, 3.8) is 0 Å². The average Bonchev–Trinajstić information content (AvgIpc) is 2.10. The predicted molar refractivity (Wildman–Crippen MR) is 44.8 cm³/mol. The van der Waals surface area contributed by atoms with Crippen molar-refractivity contribution in [3.8, 4) is 24.2 Å². The van der Waals surface area contributed by atoms with Crippen molar-refractivity contribution < 1.29 is 15.3 Å². The van der Waals surface area contributed by atoms with Crippen LogP contribution in [0.5, 0.6) is 0 Å². The molecule has 0 fully saturated rings. The predicted octanol–water partition coefficient (Wildman–Crippen LogP) is -1.11. The zero-order chi connectivity index (χ0) is 9.40. The van der Waals surface area contributed by atoms with Gasteiger partial charge in [0.2, 0.25) is 0 Å². The molecule has 0 amide bonds. The molecule has 0 aliphatic rings. The van der Waals surface area contributed by atoms with E-state index in [1.54, 1.807) is 0 Å². The summed E-state index contributed by atoms with van der Waals surface area (Å²) in [7, 11) is 0. The molecule has 0 aromatic rings. The molecule has 0 aromatic carbocycles. The van der Waals surface area contributed by atoms with Gasteiger partial charge < -0.3 is 15.3 Å². The van der Waals surface area contributed by atoms with Crippen LogP contribution in [0.25, 0.3) is 0 Å². The average molecular weight is 166 g/mol. The van der Waals surface area contributed by atoms with E-state index < -0.39 is 18.8 Å². The van der Waals surface area contributed by atoms with Crippen LogP contribution in [0.3, 0.4) is 0 Å². The van der Waals surface area contributed by atoms with Gasteiger partial charge in [0.25, 0.3) is 0 Å². The summed E-state index contributed by atoms with van der Waals surface area (Å²) < 4.78 is 0. The molecule has 0 heterocycles. The fourth-order valence-corrected chi connectivity index (χ4v) is 0.466. The van der Waals surface area contributed by atoms with Gasteiger partial charge in [0, 0.05) is 0 Å². The first kappa shape index (κ1) is 10.7. The Morgan fingerprint density at radius 3 is 2.58 bits per heavy atom. The normalized spacial score (nSPS) is 14.5. The van der Waals surface area contributed by atoms with Crippen molar-refractivity contribution in [2.24, 2.45) is 0 Å². The lowest BCUT2D eigenvalue weighted by Gasteiger charge is -2.09. The van der Waals surface area contributed by atoms with Crippen LogP contribution in [0, 0.1) is 24.2 Å². The number of aliphatic hydroxyl groups excluding tert-OH is 3. The van der Waals surface area contributed by atoms with Gasteiger partial charge in [0.1, 0.15) is 12.2 Å². The summed E-state index contributed by atoms with van der Waals surface area (Å²) in [5.41, 5.74) is 0. The molecule has 12 heavy (non-hydrogen) atoms. The van der Waals surface area contributed by atoms with E-state index in [1.807, 2.05) is 0 Å². The number of hydrogen-bond acceptors (Lipinski definition) is 3. The van der Waals surface area contributed by atoms with Crippen LogP contribution in [-0.2, 0) is 0 Å². The topological polar surface area (TPSA) is 60.7 Å². The summed E-state index contributed by atoms with van der Waals surface area (Å²) >= 11 is 0. The molecule has 0 spiro atoms. The van der Waals surface area contributed by atoms with Crippen LogP contribution >= 0.6 is 0 Å². The maximum atomic E-state index is 9.00. The number of terminal acetylenes is 1. The van der Waals surface area contributed by atoms with Gasteiger partial charge in [-0.25, -0.2) is 0 Å². The maximum absolute atomic E-state index is 9.00. The first-order chi connectivity index (χ1) is 5.72. The highest BCUT2D eigenvalue weighted by Gasteiger charge is 2.10. The van der Waals surface area contributed by atoms with Crippen molar-refractivity contribution in [2.45, 2.75) is 12.2 Å². The highest BCUT2D eigenvalue weighted by Crippen LogP contribution is 1.93. The van der Waals surface area contributed by atoms with E-state index in [1.165, 1.54) is 12.2 Å². The zero-order valence-corrected chi connectivity index (χ0v) is 6.44. The van der Waals surface area contributed by atoms with Crippen molar-refractivity contribution >= 4 is 0 Å². The largest absolute Gasteiger partial charge is 0.394 e. The molecular weight excluding hydrogens is 156 g/mol. The molecule has 0 aliphatic heterocycles. The Kier molecular flexibility index (Phi) is 5.77. The molecule has 3 nitrogen and oxygen atoms in total. The molecule has 0 saturated carbocycles. The third-order valence-electron chi connectivity index (χ3n) is 1.10. The first-order valence-electron chi connectivity index (χ1n) is 3.32. The first-order valence-corrected chi connectivity index (χ1v) is 3.32. The Balaban J connectivity index is 3.92. The summed E-state index contributed by atoms with van der Waals surface area (Å²) in [5, 5.41) is 26.2. The van der Waals surface area contributed by atoms with Gasteiger partial charge >= 0.3 is 0 Å². The van der Waals surface area contributed by atoms with Gasteiger partial charge in [0.15, 0.2) is 0 Å². The molecule has 0 bridgehead atoms. The fraction of sp³-hybridized carbons (Fsp3) is 0.333. The van der Waals surface area contributed by atoms with Gasteiger partial charge in [-0.3, -0.25) is 0 Å². The summed E-state index contributed by atoms with van der Waals surface area (Å²) in [6.45, 7) is -0.492. The summed E-state index contributed by atoms with van der Waals surface area (Å²) in [6, 6.07) is 0. The van der Waals surface area contributed by atoms with E-state index in [0.717, 1.165) is 0 Å². The molecule has 64 valence electrons. The molecular formula is C9H10O3. The standard InChI is InChI=1S/C9H10O3/c1-2-3-4-5-6-8(11)9(12)7-10/h1,5-6,8-12H,7H2/b6-5+/t8-,9+/m1/s1. The van der Waals surface area contributed by atoms with E-state index in [9.17, 15) is 0 Å². The smallest absolute Gasteiger partial charge is 0.106 e. The van der Waals surface area contributed by atoms with Gasteiger partial charge in [-0.2, -0.15) is 0 Å². The summed E-state index contributed by atoms with van der Waals surface area (Å²) in [4.78, 5) is 0. The minimum Gasteiger partial charge on any atom is -0.394 e. The van der Waals surface area contributed by atoms with Crippen LogP contribution in [0.4, 0.5) is 0 Å². The van der Waals surface area contributed by atoms with Gasteiger partial charge in [-0.15, -0.1) is 6.42 Å². The fourth-order valence-electron chi connectivity index (χ4n) is 0.466. The second-order valence-electron chi connectivity index (χ2n) is 2.01. The third kappa shape index (κ3) is 4.54. The van der Waals surface area contributed by atoms with E-state index in [4.69, 9.17) is 21.7 Å². The minimum atomic E-state index is -1.17.